The predicted octanol–water partition coefficient (Wildman–Crippen LogP) is 1.74. The number of carbonyl (C=O) groups excluding carboxylic acids is 1. The number of esters is 1. The third-order valence-electron chi connectivity index (χ3n) is 3.19. The molecule has 0 amide bonds. The highest BCUT2D eigenvalue weighted by atomic mass is 16.6. The Labute approximate surface area is 123 Å². The minimum absolute atomic E-state index is 0.126. The Morgan fingerprint density at radius 3 is 2.67 bits per heavy atom. The quantitative estimate of drug-likeness (QED) is 0.590. The summed E-state index contributed by atoms with van der Waals surface area (Å²) < 4.78 is 4.88. The van der Waals surface area contributed by atoms with Gasteiger partial charge in [-0.15, -0.1) is 0 Å². The van der Waals surface area contributed by atoms with Crippen molar-refractivity contribution in [3.05, 3.63) is 29.0 Å². The highest BCUT2D eigenvalue weighted by Gasteiger charge is 2.23. The summed E-state index contributed by atoms with van der Waals surface area (Å²) in [5.41, 5.74) is 2.39. The maximum atomic E-state index is 12.2. The molecule has 0 saturated heterocycles. The molecule has 2 rings (SSSR count). The van der Waals surface area contributed by atoms with Crippen LogP contribution < -0.4 is 0 Å². The fourth-order valence-electron chi connectivity index (χ4n) is 2.42. The molecule has 0 aliphatic heterocycles. The first kappa shape index (κ1) is 15.3. The van der Waals surface area contributed by atoms with Gasteiger partial charge in [-0.25, -0.2) is 4.79 Å². The molecule has 114 valence electrons. The van der Waals surface area contributed by atoms with Gasteiger partial charge < -0.3 is 24.8 Å². The lowest BCUT2D eigenvalue weighted by Gasteiger charge is -2.14. The van der Waals surface area contributed by atoms with Crippen molar-refractivity contribution in [2.75, 3.05) is 14.1 Å². The van der Waals surface area contributed by atoms with Crippen molar-refractivity contribution >= 4 is 16.9 Å². The van der Waals surface area contributed by atoms with E-state index >= 15 is 0 Å². The number of carbonyl (C=O) groups is 1. The van der Waals surface area contributed by atoms with Gasteiger partial charge >= 0.3 is 5.97 Å². The summed E-state index contributed by atoms with van der Waals surface area (Å²) in [5.74, 6) is -0.486. The van der Waals surface area contributed by atoms with Gasteiger partial charge in [0.1, 0.15) is 5.75 Å². The Morgan fingerprint density at radius 1 is 1.43 bits per heavy atom. The molecule has 1 aromatic carbocycles. The maximum Gasteiger partial charge on any atom is 0.342 e. The number of fused-ring (bicyclic) bond motifs is 1. The van der Waals surface area contributed by atoms with Crippen LogP contribution in [0.1, 0.15) is 28.5 Å². The minimum atomic E-state index is -1.18. The number of phenols is 1. The molecule has 21 heavy (non-hydrogen) atoms. The van der Waals surface area contributed by atoms with Crippen LogP contribution in [0.5, 0.6) is 5.75 Å². The van der Waals surface area contributed by atoms with Crippen molar-refractivity contribution in [3.8, 4) is 5.75 Å². The Morgan fingerprint density at radius 2 is 2.10 bits per heavy atom. The van der Waals surface area contributed by atoms with Crippen molar-refractivity contribution in [3.63, 3.8) is 0 Å². The second kappa shape index (κ2) is 5.75. The van der Waals surface area contributed by atoms with Gasteiger partial charge in [0.05, 0.1) is 5.56 Å². The zero-order valence-electron chi connectivity index (χ0n) is 12.6. The number of nitrogens with one attached hydrogen (secondary N) is 1. The number of H-pyrrole nitrogens is 1. The third-order valence-corrected chi connectivity index (χ3v) is 3.19. The van der Waals surface area contributed by atoms with Gasteiger partial charge in [0.15, 0.2) is 6.29 Å². The number of ether oxygens (including phenoxy) is 1. The highest BCUT2D eigenvalue weighted by Crippen LogP contribution is 2.32. The second-order valence-corrected chi connectivity index (χ2v) is 5.35. The number of aliphatic hydroxyl groups excluding tert-OH is 1. The smallest absolute Gasteiger partial charge is 0.342 e. The fraction of sp³-hybridized carbons (Fsp3) is 0.400. The van der Waals surface area contributed by atoms with Crippen molar-refractivity contribution in [2.45, 2.75) is 26.7 Å². The van der Waals surface area contributed by atoms with Crippen molar-refractivity contribution in [1.29, 1.82) is 0 Å². The molecular weight excluding hydrogens is 272 g/mol. The molecule has 0 spiro atoms. The van der Waals surface area contributed by atoms with Crippen LogP contribution in [0, 0.1) is 6.92 Å². The third kappa shape index (κ3) is 3.01. The molecule has 0 aliphatic rings. The molecule has 0 bridgehead atoms. The lowest BCUT2D eigenvalue weighted by Crippen LogP contribution is -2.16. The summed E-state index contributed by atoms with van der Waals surface area (Å²) >= 11 is 0. The van der Waals surface area contributed by atoms with E-state index in [1.807, 2.05) is 19.0 Å². The summed E-state index contributed by atoms with van der Waals surface area (Å²) in [6.07, 6.45) is -1.18. The number of aromatic amines is 1. The topological polar surface area (TPSA) is 85.8 Å². The largest absolute Gasteiger partial charge is 0.508 e. The lowest BCUT2D eigenvalue weighted by molar-refractivity contribution is -0.0522. The summed E-state index contributed by atoms with van der Waals surface area (Å²) in [7, 11) is 3.76. The Hall–Kier alpha value is -2.05. The number of aromatic nitrogens is 1. The van der Waals surface area contributed by atoms with E-state index in [1.165, 1.54) is 6.92 Å². The number of phenolic OH excluding ortho intramolecular Hbond substituents is 1. The van der Waals surface area contributed by atoms with Gasteiger partial charge in [0.2, 0.25) is 0 Å². The highest BCUT2D eigenvalue weighted by molar-refractivity contribution is 6.07. The van der Waals surface area contributed by atoms with E-state index in [2.05, 4.69) is 4.98 Å². The molecule has 1 unspecified atom stereocenters. The molecule has 1 atom stereocenters. The number of nitrogens with zero attached hydrogens (tertiary/aromatic N) is 1. The normalized spacial score (nSPS) is 12.9. The monoisotopic (exact) mass is 292 g/mol. The molecule has 1 heterocycles. The van der Waals surface area contributed by atoms with E-state index in [0.29, 0.717) is 28.8 Å². The van der Waals surface area contributed by atoms with E-state index in [1.54, 1.807) is 19.1 Å². The molecule has 0 radical (unpaired) electrons. The van der Waals surface area contributed by atoms with Gasteiger partial charge in [-0.05, 0) is 40.1 Å². The summed E-state index contributed by atoms with van der Waals surface area (Å²) in [5, 5.41) is 20.0. The fourth-order valence-corrected chi connectivity index (χ4v) is 2.42. The van der Waals surface area contributed by atoms with Gasteiger partial charge in [-0.2, -0.15) is 0 Å². The Kier molecular flexibility index (Phi) is 4.20. The van der Waals surface area contributed by atoms with E-state index in [-0.39, 0.29) is 5.75 Å². The summed E-state index contributed by atoms with van der Waals surface area (Å²) in [6.45, 7) is 3.62. The van der Waals surface area contributed by atoms with Crippen LogP contribution in [0.15, 0.2) is 12.1 Å². The first-order valence-corrected chi connectivity index (χ1v) is 6.68. The van der Waals surface area contributed by atoms with Crippen molar-refractivity contribution in [1.82, 2.24) is 9.88 Å². The first-order chi connectivity index (χ1) is 9.81. The second-order valence-electron chi connectivity index (χ2n) is 5.35. The Bertz CT molecular complexity index is 674. The molecule has 0 saturated carbocycles. The molecular formula is C15H20N2O4. The number of rotatable bonds is 4. The SMILES string of the molecule is Cc1[nH]c2ccc(O)c(CN(C)C)c2c1C(=O)OC(C)O. The predicted molar refractivity (Wildman–Crippen MR) is 79.2 cm³/mol. The Balaban J connectivity index is 2.66. The van der Waals surface area contributed by atoms with E-state index in [4.69, 9.17) is 4.74 Å². The number of aromatic hydroxyl groups is 1. The van der Waals surface area contributed by atoms with Crippen LogP contribution in [-0.4, -0.2) is 46.5 Å². The average molecular weight is 292 g/mol. The molecule has 3 N–H and O–H groups in total. The summed E-state index contributed by atoms with van der Waals surface area (Å²) in [4.78, 5) is 17.2. The van der Waals surface area contributed by atoms with Crippen LogP contribution in [0.4, 0.5) is 0 Å². The van der Waals surface area contributed by atoms with E-state index in [0.717, 1.165) is 5.52 Å². The number of hydrogen-bond donors (Lipinski definition) is 3. The molecule has 0 fully saturated rings. The van der Waals surface area contributed by atoms with E-state index < -0.39 is 12.3 Å². The van der Waals surface area contributed by atoms with Crippen LogP contribution in [-0.2, 0) is 11.3 Å². The number of hydrogen-bond acceptors (Lipinski definition) is 5. The van der Waals surface area contributed by atoms with Crippen molar-refractivity contribution < 1.29 is 19.7 Å². The van der Waals surface area contributed by atoms with Crippen molar-refractivity contribution in [2.24, 2.45) is 0 Å². The maximum absolute atomic E-state index is 12.2. The van der Waals surface area contributed by atoms with Gasteiger partial charge in [-0.3, -0.25) is 0 Å². The minimum Gasteiger partial charge on any atom is -0.508 e. The average Bonchev–Trinajstić information content (AvgIpc) is 2.68. The van der Waals surface area contributed by atoms with Crippen LogP contribution >= 0.6 is 0 Å². The molecule has 2 aromatic rings. The van der Waals surface area contributed by atoms with Gasteiger partial charge in [0, 0.05) is 28.7 Å². The first-order valence-electron chi connectivity index (χ1n) is 6.68. The zero-order valence-corrected chi connectivity index (χ0v) is 12.6. The van der Waals surface area contributed by atoms with Gasteiger partial charge in [0.25, 0.3) is 0 Å². The molecule has 0 aliphatic carbocycles. The number of aliphatic hydroxyl groups is 1. The molecule has 6 nitrogen and oxygen atoms in total. The number of benzene rings is 1. The molecule has 6 heteroatoms. The lowest BCUT2D eigenvalue weighted by atomic mass is 10.0. The zero-order chi connectivity index (χ0) is 15.7. The van der Waals surface area contributed by atoms with Gasteiger partial charge in [-0.1, -0.05) is 0 Å². The molecule has 1 aromatic heterocycles. The van der Waals surface area contributed by atoms with Crippen LogP contribution in [0.2, 0.25) is 0 Å². The van der Waals surface area contributed by atoms with Crippen LogP contribution in [0.3, 0.4) is 0 Å². The summed E-state index contributed by atoms with van der Waals surface area (Å²) in [6, 6.07) is 3.32. The van der Waals surface area contributed by atoms with Crippen LogP contribution in [0.25, 0.3) is 10.9 Å². The number of aryl methyl sites for hydroxylation is 1. The van der Waals surface area contributed by atoms with E-state index in [9.17, 15) is 15.0 Å². The standard InChI is InChI=1S/C15H20N2O4/c1-8-13(15(20)21-9(2)18)14-10(7-17(3)4)12(19)6-5-11(14)16-8/h5-6,9,16,18-19H,7H2,1-4H3.